The maximum Gasteiger partial charge on any atom is 0.335 e. The molecule has 1 amide bonds. The van der Waals surface area contributed by atoms with E-state index in [4.69, 9.17) is 26.2 Å². The second-order valence-electron chi connectivity index (χ2n) is 7.41. The van der Waals surface area contributed by atoms with Crippen LogP contribution in [0.2, 0.25) is 5.02 Å². The van der Waals surface area contributed by atoms with E-state index in [0.29, 0.717) is 31.3 Å². The van der Waals surface area contributed by atoms with Crippen molar-refractivity contribution in [1.82, 2.24) is 0 Å². The number of rotatable bonds is 8. The van der Waals surface area contributed by atoms with Gasteiger partial charge in [-0.1, -0.05) is 29.8 Å². The van der Waals surface area contributed by atoms with Gasteiger partial charge in [-0.25, -0.2) is 4.79 Å². The van der Waals surface area contributed by atoms with Gasteiger partial charge < -0.3 is 19.9 Å². The largest absolute Gasteiger partial charge is 0.493 e. The average Bonchev–Trinajstić information content (AvgIpc) is 2.84. The number of carbonyl (C=O) groups excluding carboxylic acids is 1. The number of nitrogens with zero attached hydrogens (tertiary/aromatic N) is 1. The number of methoxy groups -OCH3 is 1. The van der Waals surface area contributed by atoms with Gasteiger partial charge in [0.25, 0.3) is 5.91 Å². The van der Waals surface area contributed by atoms with E-state index < -0.39 is 11.9 Å². The molecule has 7 nitrogen and oxygen atoms in total. The Labute approximate surface area is 221 Å². The van der Waals surface area contributed by atoms with Gasteiger partial charge in [0.05, 0.1) is 16.2 Å². The maximum absolute atomic E-state index is 12.6. The predicted molar refractivity (Wildman–Crippen MR) is 142 cm³/mol. The highest BCUT2D eigenvalue weighted by Crippen LogP contribution is 2.35. The first-order valence-electron chi connectivity index (χ1n) is 10.2. The molecule has 2 N–H and O–H groups in total. The molecule has 9 heteroatoms. The lowest BCUT2D eigenvalue weighted by atomic mass is 10.1. The zero-order chi connectivity index (χ0) is 25.5. The number of hydrogen-bond acceptors (Lipinski definition) is 5. The van der Waals surface area contributed by atoms with E-state index in [2.05, 4.69) is 27.9 Å². The fourth-order valence-corrected chi connectivity index (χ4v) is 4.01. The smallest absolute Gasteiger partial charge is 0.335 e. The number of amides is 1. The highest BCUT2D eigenvalue weighted by molar-refractivity contribution is 14.1. The number of halogens is 2. The summed E-state index contributed by atoms with van der Waals surface area (Å²) >= 11 is 8.19. The first-order chi connectivity index (χ1) is 16.7. The van der Waals surface area contributed by atoms with Crippen LogP contribution in [0.5, 0.6) is 11.5 Å². The molecule has 3 aromatic carbocycles. The van der Waals surface area contributed by atoms with E-state index in [1.807, 2.05) is 13.0 Å². The molecule has 3 aromatic rings. The minimum absolute atomic E-state index is 0.0910. The molecule has 0 atom stereocenters. The Morgan fingerprint density at radius 1 is 1.17 bits per heavy atom. The standard InChI is InChI=1S/C26H20ClIN2O5/c1-15-3-8-20(12-21(15)27)30-25(31)19(13-29)9-17-10-22(28)24(23(11-17)34-2)35-14-16-4-6-18(7-5-16)26(32)33/h3-12H,14H2,1-2H3,(H,30,31)(H,32,33)/b19-9+. The first-order valence-corrected chi connectivity index (χ1v) is 11.7. The molecule has 178 valence electrons. The van der Waals surface area contributed by atoms with Crippen LogP contribution in [0.3, 0.4) is 0 Å². The van der Waals surface area contributed by atoms with Crippen molar-refractivity contribution in [2.75, 3.05) is 12.4 Å². The van der Waals surface area contributed by atoms with Gasteiger partial charge >= 0.3 is 5.97 Å². The molecule has 35 heavy (non-hydrogen) atoms. The van der Waals surface area contributed by atoms with Crippen LogP contribution in [0.1, 0.15) is 27.0 Å². The Balaban J connectivity index is 1.79. The zero-order valence-electron chi connectivity index (χ0n) is 18.8. The predicted octanol–water partition coefficient (Wildman–Crippen LogP) is 6.08. The topological polar surface area (TPSA) is 109 Å². The molecule has 3 rings (SSSR count). The Hall–Kier alpha value is -3.55. The minimum Gasteiger partial charge on any atom is -0.493 e. The molecule has 0 heterocycles. The summed E-state index contributed by atoms with van der Waals surface area (Å²) in [5.41, 5.74) is 2.84. The Morgan fingerprint density at radius 3 is 2.49 bits per heavy atom. The van der Waals surface area contributed by atoms with E-state index in [1.165, 1.54) is 25.3 Å². The monoisotopic (exact) mass is 602 g/mol. The van der Waals surface area contributed by atoms with Crippen LogP contribution >= 0.6 is 34.2 Å². The average molecular weight is 603 g/mol. The maximum atomic E-state index is 12.6. The van der Waals surface area contributed by atoms with Crippen LogP contribution in [-0.4, -0.2) is 24.1 Å². The summed E-state index contributed by atoms with van der Waals surface area (Å²) in [5.74, 6) is -0.643. The van der Waals surface area contributed by atoms with Crippen LogP contribution in [0.25, 0.3) is 6.08 Å². The van der Waals surface area contributed by atoms with Gasteiger partial charge in [-0.3, -0.25) is 4.79 Å². The van der Waals surface area contributed by atoms with Crippen LogP contribution in [0, 0.1) is 21.8 Å². The second-order valence-corrected chi connectivity index (χ2v) is 8.98. The van der Waals surface area contributed by atoms with Crippen molar-refractivity contribution >= 4 is 57.8 Å². The number of nitrogens with one attached hydrogen (secondary N) is 1. The van der Waals surface area contributed by atoms with E-state index in [9.17, 15) is 14.9 Å². The summed E-state index contributed by atoms with van der Waals surface area (Å²) in [6.45, 7) is 2.05. The van der Waals surface area contributed by atoms with Gasteiger partial charge in [-0.2, -0.15) is 5.26 Å². The van der Waals surface area contributed by atoms with E-state index >= 15 is 0 Å². The van der Waals surface area contributed by atoms with Gasteiger partial charge in [-0.15, -0.1) is 0 Å². The van der Waals surface area contributed by atoms with Crippen molar-refractivity contribution in [2.45, 2.75) is 13.5 Å². The van der Waals surface area contributed by atoms with Crippen LogP contribution < -0.4 is 14.8 Å². The molecule has 0 fully saturated rings. The second kappa shape index (κ2) is 11.7. The van der Waals surface area contributed by atoms with Gasteiger partial charge in [-0.05, 0) is 88.7 Å². The van der Waals surface area contributed by atoms with Gasteiger partial charge in [0.1, 0.15) is 18.2 Å². The normalized spacial score (nSPS) is 10.9. The molecule has 0 saturated carbocycles. The summed E-state index contributed by atoms with van der Waals surface area (Å²) in [6, 6.07) is 16.8. The number of anilines is 1. The number of aryl methyl sites for hydroxylation is 1. The van der Waals surface area contributed by atoms with E-state index in [1.54, 1.807) is 42.5 Å². The van der Waals surface area contributed by atoms with Crippen LogP contribution in [0.4, 0.5) is 5.69 Å². The molecular formula is C26H20ClIN2O5. The summed E-state index contributed by atoms with van der Waals surface area (Å²) in [6.07, 6.45) is 1.46. The number of carbonyl (C=O) groups is 2. The van der Waals surface area contributed by atoms with Gasteiger partial charge in [0.2, 0.25) is 0 Å². The molecule has 0 saturated heterocycles. The quantitative estimate of drug-likeness (QED) is 0.184. The number of ether oxygens (including phenoxy) is 2. The van der Waals surface area contributed by atoms with Gasteiger partial charge in [0.15, 0.2) is 11.5 Å². The third-order valence-electron chi connectivity index (χ3n) is 4.94. The number of benzene rings is 3. The third kappa shape index (κ3) is 6.74. The Bertz CT molecular complexity index is 1350. The number of aromatic carboxylic acids is 1. The van der Waals surface area contributed by atoms with Crippen molar-refractivity contribution in [1.29, 1.82) is 5.26 Å². The number of hydrogen-bond donors (Lipinski definition) is 2. The fourth-order valence-electron chi connectivity index (χ4n) is 3.05. The molecule has 0 spiro atoms. The molecule has 0 unspecified atom stereocenters. The molecule has 0 bridgehead atoms. The summed E-state index contributed by atoms with van der Waals surface area (Å²) in [5, 5.41) is 21.8. The van der Waals surface area contributed by atoms with Crippen LogP contribution in [-0.2, 0) is 11.4 Å². The van der Waals surface area contributed by atoms with Crippen molar-refractivity contribution in [3.05, 3.63) is 91.0 Å². The first kappa shape index (κ1) is 26.1. The van der Waals surface area contributed by atoms with Crippen molar-refractivity contribution < 1.29 is 24.2 Å². The minimum atomic E-state index is -0.995. The number of carboxylic acids is 1. The lowest BCUT2D eigenvalue weighted by molar-refractivity contribution is -0.112. The zero-order valence-corrected chi connectivity index (χ0v) is 21.7. The number of nitriles is 1. The van der Waals surface area contributed by atoms with Crippen molar-refractivity contribution in [2.24, 2.45) is 0 Å². The molecule has 0 aliphatic rings. The Morgan fingerprint density at radius 2 is 1.89 bits per heavy atom. The highest BCUT2D eigenvalue weighted by Gasteiger charge is 2.15. The summed E-state index contributed by atoms with van der Waals surface area (Å²) in [7, 11) is 1.49. The van der Waals surface area contributed by atoms with E-state index in [0.717, 1.165) is 11.1 Å². The lowest BCUT2D eigenvalue weighted by Crippen LogP contribution is -2.13. The molecular weight excluding hydrogens is 583 g/mol. The highest BCUT2D eigenvalue weighted by atomic mass is 127. The molecule has 0 radical (unpaired) electrons. The summed E-state index contributed by atoms with van der Waals surface area (Å²) < 4.78 is 12.1. The number of carboxylic acid groups (broad SMARTS) is 1. The molecule has 0 aliphatic heterocycles. The Kier molecular flexibility index (Phi) is 8.73. The molecule has 0 aliphatic carbocycles. The van der Waals surface area contributed by atoms with Crippen molar-refractivity contribution in [3.8, 4) is 17.6 Å². The third-order valence-corrected chi connectivity index (χ3v) is 6.15. The molecule has 0 aromatic heterocycles. The fraction of sp³-hybridized carbons (Fsp3) is 0.115. The van der Waals surface area contributed by atoms with Gasteiger partial charge in [0, 0.05) is 10.7 Å². The van der Waals surface area contributed by atoms with Crippen molar-refractivity contribution in [3.63, 3.8) is 0 Å². The van der Waals surface area contributed by atoms with E-state index in [-0.39, 0.29) is 17.7 Å². The van der Waals surface area contributed by atoms with Crippen LogP contribution in [0.15, 0.2) is 60.2 Å². The lowest BCUT2D eigenvalue weighted by Gasteiger charge is -2.14. The summed E-state index contributed by atoms with van der Waals surface area (Å²) in [4.78, 5) is 23.6. The SMILES string of the molecule is COc1cc(/C=C(\C#N)C(=O)Nc2ccc(C)c(Cl)c2)cc(I)c1OCc1ccc(C(=O)O)cc1.